The summed E-state index contributed by atoms with van der Waals surface area (Å²) in [5.41, 5.74) is 1.28. The molecule has 0 amide bonds. The molecule has 26 heavy (non-hydrogen) atoms. The van der Waals surface area contributed by atoms with Gasteiger partial charge >= 0.3 is 0 Å². The second-order valence-electron chi connectivity index (χ2n) is 9.96. The molecule has 1 unspecified atom stereocenters. The van der Waals surface area contributed by atoms with E-state index in [9.17, 15) is 15.0 Å². The molecule has 142 valence electrons. The largest absolute Gasteiger partial charge is 0.391 e. The number of ketones is 1. The van der Waals surface area contributed by atoms with Crippen molar-refractivity contribution in [2.45, 2.75) is 70.1 Å². The molecule has 3 saturated carbocycles. The van der Waals surface area contributed by atoms with Gasteiger partial charge in [-0.2, -0.15) is 0 Å². The molecule has 6 aliphatic rings. The first kappa shape index (κ1) is 16.2. The first-order chi connectivity index (χ1) is 12.4. The molecule has 1 spiro atoms. The van der Waals surface area contributed by atoms with E-state index < -0.39 is 5.79 Å². The number of aliphatic hydroxyl groups is 2. The Labute approximate surface area is 153 Å². The third-order valence-electron chi connectivity index (χ3n) is 9.30. The molecule has 0 aromatic heterocycles. The standard InChI is InChI=1S/C21H28O5/c1-19-7-6-12(23)8-11(19)2-3-13-14-4-5-16-20(14)9-15(17(13)19)25-18(20)26-21(16,24)10-22/h8,13-18,22,24H,2-7,9-10H2,1H3/t13-,14-,15-,16-,17+,18?,19-,20+,21+/m0/s1. The molecule has 2 aliphatic heterocycles. The molecule has 0 aromatic rings. The first-order valence-corrected chi connectivity index (χ1v) is 10.3. The van der Waals surface area contributed by atoms with E-state index in [0.717, 1.165) is 38.5 Å². The van der Waals surface area contributed by atoms with Crippen LogP contribution in [0, 0.1) is 34.5 Å². The molecule has 5 nitrogen and oxygen atoms in total. The maximum Gasteiger partial charge on any atom is 0.195 e. The fourth-order valence-corrected chi connectivity index (χ4v) is 8.40. The number of allylic oxidation sites excluding steroid dienone is 1. The van der Waals surface area contributed by atoms with Gasteiger partial charge in [0, 0.05) is 17.8 Å². The fraction of sp³-hybridized carbons (Fsp3) is 0.857. The van der Waals surface area contributed by atoms with Gasteiger partial charge in [-0.15, -0.1) is 0 Å². The highest BCUT2D eigenvalue weighted by atomic mass is 16.8. The molecule has 5 heteroatoms. The molecule has 9 atom stereocenters. The molecule has 6 rings (SSSR count). The second-order valence-corrected chi connectivity index (χ2v) is 9.96. The van der Waals surface area contributed by atoms with E-state index in [4.69, 9.17) is 9.47 Å². The van der Waals surface area contributed by atoms with Crippen molar-refractivity contribution in [3.63, 3.8) is 0 Å². The Morgan fingerprint density at radius 3 is 2.92 bits per heavy atom. The van der Waals surface area contributed by atoms with Crippen molar-refractivity contribution in [3.05, 3.63) is 11.6 Å². The molecule has 4 aliphatic carbocycles. The molecule has 2 saturated heterocycles. The van der Waals surface area contributed by atoms with Gasteiger partial charge in [-0.1, -0.05) is 12.5 Å². The lowest BCUT2D eigenvalue weighted by atomic mass is 9.46. The Kier molecular flexibility index (Phi) is 3.00. The van der Waals surface area contributed by atoms with Crippen LogP contribution in [0.5, 0.6) is 0 Å². The molecule has 2 heterocycles. The van der Waals surface area contributed by atoms with Crippen molar-refractivity contribution in [1.29, 1.82) is 0 Å². The summed E-state index contributed by atoms with van der Waals surface area (Å²) in [6.45, 7) is 2.01. The number of ether oxygens (including phenoxy) is 2. The summed E-state index contributed by atoms with van der Waals surface area (Å²) in [6.07, 6.45) is 8.36. The van der Waals surface area contributed by atoms with Crippen LogP contribution in [0.4, 0.5) is 0 Å². The van der Waals surface area contributed by atoms with E-state index in [2.05, 4.69) is 6.92 Å². The van der Waals surface area contributed by atoms with Crippen molar-refractivity contribution in [3.8, 4) is 0 Å². The van der Waals surface area contributed by atoms with Gasteiger partial charge in [0.05, 0.1) is 12.7 Å². The number of hydrogen-bond donors (Lipinski definition) is 2. The quantitative estimate of drug-likeness (QED) is 0.749. The lowest BCUT2D eigenvalue weighted by Crippen LogP contribution is -2.55. The van der Waals surface area contributed by atoms with Gasteiger partial charge in [-0.3, -0.25) is 4.79 Å². The Bertz CT molecular complexity index is 717. The van der Waals surface area contributed by atoms with E-state index in [1.54, 1.807) is 0 Å². The zero-order chi connectivity index (χ0) is 17.9. The molecular formula is C21H28O5. The highest BCUT2D eigenvalue weighted by Gasteiger charge is 2.77. The van der Waals surface area contributed by atoms with Gasteiger partial charge in [0.2, 0.25) is 0 Å². The molecule has 5 fully saturated rings. The maximum absolute atomic E-state index is 12.0. The molecule has 0 radical (unpaired) electrons. The van der Waals surface area contributed by atoms with Gasteiger partial charge in [-0.25, -0.2) is 0 Å². The average Bonchev–Trinajstić information content (AvgIpc) is 3.21. The monoisotopic (exact) mass is 360 g/mol. The van der Waals surface area contributed by atoms with Crippen LogP contribution in [0.3, 0.4) is 0 Å². The summed E-state index contributed by atoms with van der Waals surface area (Å²) < 4.78 is 12.5. The summed E-state index contributed by atoms with van der Waals surface area (Å²) >= 11 is 0. The lowest BCUT2D eigenvalue weighted by Gasteiger charge is -2.57. The third-order valence-corrected chi connectivity index (χ3v) is 9.30. The number of hydrogen-bond acceptors (Lipinski definition) is 5. The number of carbonyl (C=O) groups excluding carboxylic acids is 1. The van der Waals surface area contributed by atoms with Crippen molar-refractivity contribution >= 4 is 5.78 Å². The van der Waals surface area contributed by atoms with Gasteiger partial charge in [0.15, 0.2) is 17.9 Å². The van der Waals surface area contributed by atoms with Crippen LogP contribution in [0.25, 0.3) is 0 Å². The molecule has 0 aromatic carbocycles. The summed E-state index contributed by atoms with van der Waals surface area (Å²) in [5, 5.41) is 20.6. The number of carbonyl (C=O) groups is 1. The van der Waals surface area contributed by atoms with E-state index in [1.165, 1.54) is 5.57 Å². The predicted molar refractivity (Wildman–Crippen MR) is 91.7 cm³/mol. The second kappa shape index (κ2) is 4.80. The SMILES string of the molecule is C[C@]12CCC(=O)C=C1CC[C@@H]1[C@@H]2[C@@H]2C[C@]34C(O2)O[C@](O)(CO)[C@H]3CC[C@@H]14. The van der Waals surface area contributed by atoms with Crippen LogP contribution in [-0.4, -0.2) is 40.8 Å². The zero-order valence-corrected chi connectivity index (χ0v) is 15.3. The normalized spacial score (nSPS) is 59.7. The summed E-state index contributed by atoms with van der Waals surface area (Å²) in [5.74, 6) is 0.351. The van der Waals surface area contributed by atoms with Crippen molar-refractivity contribution in [2.24, 2.45) is 34.5 Å². The van der Waals surface area contributed by atoms with Crippen LogP contribution in [0.15, 0.2) is 11.6 Å². The summed E-state index contributed by atoms with van der Waals surface area (Å²) in [4.78, 5) is 12.0. The van der Waals surface area contributed by atoms with Gasteiger partial charge in [-0.05, 0) is 67.8 Å². The number of aliphatic hydroxyl groups excluding tert-OH is 1. The van der Waals surface area contributed by atoms with E-state index in [0.29, 0.717) is 24.2 Å². The van der Waals surface area contributed by atoms with Crippen LogP contribution in [0.1, 0.15) is 51.9 Å². The van der Waals surface area contributed by atoms with Crippen molar-refractivity contribution in [2.75, 3.05) is 6.61 Å². The highest BCUT2D eigenvalue weighted by molar-refractivity contribution is 5.91. The average molecular weight is 360 g/mol. The van der Waals surface area contributed by atoms with Crippen LogP contribution >= 0.6 is 0 Å². The third kappa shape index (κ3) is 1.62. The Morgan fingerprint density at radius 1 is 1.27 bits per heavy atom. The lowest BCUT2D eigenvalue weighted by molar-refractivity contribution is -0.281. The van der Waals surface area contributed by atoms with E-state index in [1.807, 2.05) is 6.08 Å². The molecular weight excluding hydrogens is 332 g/mol. The predicted octanol–water partition coefficient (Wildman–Crippen LogP) is 2.16. The van der Waals surface area contributed by atoms with Crippen LogP contribution < -0.4 is 0 Å². The number of rotatable bonds is 1. The molecule has 2 N–H and O–H groups in total. The number of fused-ring (bicyclic) bond motifs is 6. The highest BCUT2D eigenvalue weighted by Crippen LogP contribution is 2.75. The van der Waals surface area contributed by atoms with Crippen molar-refractivity contribution < 1.29 is 24.5 Å². The van der Waals surface area contributed by atoms with E-state index in [-0.39, 0.29) is 41.5 Å². The zero-order valence-electron chi connectivity index (χ0n) is 15.3. The minimum absolute atomic E-state index is 0.0152. The Balaban J connectivity index is 1.44. The van der Waals surface area contributed by atoms with Crippen LogP contribution in [0.2, 0.25) is 0 Å². The van der Waals surface area contributed by atoms with Gasteiger partial charge in [0.1, 0.15) is 0 Å². The summed E-state index contributed by atoms with van der Waals surface area (Å²) in [6, 6.07) is 0. The van der Waals surface area contributed by atoms with E-state index >= 15 is 0 Å². The Hall–Kier alpha value is -0.750. The Morgan fingerprint density at radius 2 is 2.12 bits per heavy atom. The minimum atomic E-state index is -1.43. The minimum Gasteiger partial charge on any atom is -0.391 e. The maximum atomic E-state index is 12.0. The fourth-order valence-electron chi connectivity index (χ4n) is 8.40. The first-order valence-electron chi connectivity index (χ1n) is 10.3. The van der Waals surface area contributed by atoms with Gasteiger partial charge < -0.3 is 19.7 Å². The summed E-state index contributed by atoms with van der Waals surface area (Å²) in [7, 11) is 0. The van der Waals surface area contributed by atoms with Gasteiger partial charge in [0.25, 0.3) is 0 Å². The smallest absolute Gasteiger partial charge is 0.195 e. The van der Waals surface area contributed by atoms with Crippen molar-refractivity contribution in [1.82, 2.24) is 0 Å². The molecule has 2 bridgehead atoms. The van der Waals surface area contributed by atoms with Crippen LogP contribution in [-0.2, 0) is 14.3 Å². The topological polar surface area (TPSA) is 76.0 Å².